The number of ether oxygens (including phenoxy) is 1. The van der Waals surface area contributed by atoms with Crippen molar-refractivity contribution in [3.63, 3.8) is 0 Å². The Bertz CT molecular complexity index is 1910. The van der Waals surface area contributed by atoms with Gasteiger partial charge in [-0.05, 0) is 43.2 Å². The molecular weight excluding hydrogens is 771 g/mol. The quantitative estimate of drug-likeness (QED) is 0.113. The summed E-state index contributed by atoms with van der Waals surface area (Å²) in [4.78, 5) is 53.9. The number of alkyl carbamates (subject to hydrolysis) is 1. The summed E-state index contributed by atoms with van der Waals surface area (Å²) in [6.45, 7) is 5.76. The molecule has 0 radical (unpaired) electrons. The molecule has 0 saturated carbocycles. The minimum Gasteiger partial charge on any atom is -0.444 e. The fraction of sp³-hybridized carbons (Fsp3) is 0.475. The zero-order chi connectivity index (χ0) is 39.9. The third-order valence-electron chi connectivity index (χ3n) is 9.61. The Hall–Kier alpha value is -4.38. The number of urea groups is 1. The number of thiazole rings is 2. The van der Waals surface area contributed by atoms with Gasteiger partial charge in [-0.2, -0.15) is 0 Å². The Morgan fingerprint density at radius 1 is 0.875 bits per heavy atom. The minimum absolute atomic E-state index is 0.0705. The van der Waals surface area contributed by atoms with Crippen LogP contribution >= 0.6 is 22.7 Å². The summed E-state index contributed by atoms with van der Waals surface area (Å²) in [6.07, 6.45) is 3.60. The number of hydrogen-bond donors (Lipinski definition) is 3. The molecule has 56 heavy (non-hydrogen) atoms. The third kappa shape index (κ3) is 14.3. The molecule has 1 aliphatic rings. The number of sulfone groups is 1. The van der Waals surface area contributed by atoms with Crippen LogP contribution in [-0.4, -0.2) is 103 Å². The number of carbonyl (C=O) groups excluding carboxylic acids is 3. The van der Waals surface area contributed by atoms with Crippen molar-refractivity contribution >= 4 is 50.5 Å². The van der Waals surface area contributed by atoms with Crippen molar-refractivity contribution in [2.75, 3.05) is 38.2 Å². The van der Waals surface area contributed by atoms with Gasteiger partial charge in [-0.15, -0.1) is 22.7 Å². The van der Waals surface area contributed by atoms with Crippen LogP contribution in [-0.2, 0) is 45.4 Å². The maximum absolute atomic E-state index is 14.3. The van der Waals surface area contributed by atoms with Gasteiger partial charge in [-0.1, -0.05) is 74.5 Å². The lowest BCUT2D eigenvalue weighted by atomic mass is 9.95. The first-order valence-corrected chi connectivity index (χ1v) is 22.6. The topological polar surface area (TPSA) is 163 Å². The molecule has 4 aromatic rings. The molecule has 0 unspecified atom stereocenters. The molecule has 13 nitrogen and oxygen atoms in total. The molecule has 5 rings (SSSR count). The fourth-order valence-corrected chi connectivity index (χ4v) is 9.01. The van der Waals surface area contributed by atoms with Crippen molar-refractivity contribution in [2.45, 2.75) is 83.1 Å². The summed E-state index contributed by atoms with van der Waals surface area (Å²) < 4.78 is 29.7. The molecule has 2 aromatic heterocycles. The van der Waals surface area contributed by atoms with Crippen LogP contribution in [0.2, 0.25) is 0 Å². The van der Waals surface area contributed by atoms with Crippen molar-refractivity contribution in [3.05, 3.63) is 104 Å². The van der Waals surface area contributed by atoms with Gasteiger partial charge in [0.1, 0.15) is 12.6 Å². The number of rotatable bonds is 19. The van der Waals surface area contributed by atoms with E-state index in [4.69, 9.17) is 4.74 Å². The molecule has 0 bridgehead atoms. The molecule has 0 spiro atoms. The van der Waals surface area contributed by atoms with Crippen LogP contribution in [0.15, 0.2) is 77.8 Å². The SMILES string of the molecule is CC(C)c1nc(CN(C)C(=O)N[C@@H](CCN2CCS(=O)(=O)CC2)C(=O)N[C@H](CC[C@H](Cc2ccccc2)NC(=O)OCc2cncs2)Cc2ccccc2)cs1. The molecule has 4 amide bonds. The smallest absolute Gasteiger partial charge is 0.407 e. The van der Waals surface area contributed by atoms with Gasteiger partial charge in [0.2, 0.25) is 5.91 Å². The Morgan fingerprint density at radius 2 is 1.50 bits per heavy atom. The third-order valence-corrected chi connectivity index (χ3v) is 13.2. The van der Waals surface area contributed by atoms with Crippen LogP contribution < -0.4 is 16.0 Å². The van der Waals surface area contributed by atoms with E-state index in [1.54, 1.807) is 30.1 Å². The fourth-order valence-electron chi connectivity index (χ4n) is 6.40. The first kappa shape index (κ1) is 42.8. The Balaban J connectivity index is 1.29. The normalized spacial score (nSPS) is 15.7. The highest BCUT2D eigenvalue weighted by atomic mass is 32.2. The lowest BCUT2D eigenvalue weighted by Gasteiger charge is -2.30. The maximum atomic E-state index is 14.3. The van der Waals surface area contributed by atoms with E-state index < -0.39 is 28.0 Å². The lowest BCUT2D eigenvalue weighted by Crippen LogP contribution is -2.54. The summed E-state index contributed by atoms with van der Waals surface area (Å²) >= 11 is 2.97. The molecule has 3 atom stereocenters. The molecule has 1 saturated heterocycles. The first-order chi connectivity index (χ1) is 26.9. The van der Waals surface area contributed by atoms with Gasteiger partial charge in [0, 0.05) is 56.3 Å². The van der Waals surface area contributed by atoms with Crippen molar-refractivity contribution in [3.8, 4) is 0 Å². The molecule has 2 aromatic carbocycles. The summed E-state index contributed by atoms with van der Waals surface area (Å²) in [6, 6.07) is 17.9. The average molecular weight is 824 g/mol. The summed E-state index contributed by atoms with van der Waals surface area (Å²) in [5.74, 6) is 0.0916. The maximum Gasteiger partial charge on any atom is 0.407 e. The van der Waals surface area contributed by atoms with E-state index in [9.17, 15) is 22.8 Å². The summed E-state index contributed by atoms with van der Waals surface area (Å²) in [5.41, 5.74) is 4.56. The highest BCUT2D eigenvalue weighted by molar-refractivity contribution is 7.91. The van der Waals surface area contributed by atoms with E-state index in [0.717, 1.165) is 26.7 Å². The van der Waals surface area contributed by atoms with E-state index in [0.29, 0.717) is 51.7 Å². The number of nitrogens with zero attached hydrogens (tertiary/aromatic N) is 4. The molecule has 1 aliphatic heterocycles. The number of amides is 4. The van der Waals surface area contributed by atoms with E-state index in [2.05, 4.69) is 39.8 Å². The van der Waals surface area contributed by atoms with Gasteiger partial charge in [0.25, 0.3) is 0 Å². The molecular formula is C40H53N7O6S3. The number of aromatic nitrogens is 2. The minimum atomic E-state index is -3.07. The van der Waals surface area contributed by atoms with Crippen molar-refractivity contribution in [1.29, 1.82) is 0 Å². The average Bonchev–Trinajstić information content (AvgIpc) is 3.89. The second-order valence-corrected chi connectivity index (χ2v) is 18.7. The van der Waals surface area contributed by atoms with Crippen molar-refractivity contribution in [2.24, 2.45) is 0 Å². The van der Waals surface area contributed by atoms with Gasteiger partial charge in [0.15, 0.2) is 9.84 Å². The number of benzene rings is 2. The predicted molar refractivity (Wildman–Crippen MR) is 220 cm³/mol. The van der Waals surface area contributed by atoms with Crippen LogP contribution in [0.4, 0.5) is 9.59 Å². The highest BCUT2D eigenvalue weighted by Gasteiger charge is 2.28. The van der Waals surface area contributed by atoms with Crippen LogP contribution in [0.25, 0.3) is 0 Å². The van der Waals surface area contributed by atoms with Crippen LogP contribution in [0.5, 0.6) is 0 Å². The largest absolute Gasteiger partial charge is 0.444 e. The number of carbonyl (C=O) groups is 3. The number of hydrogen-bond acceptors (Lipinski definition) is 11. The van der Waals surface area contributed by atoms with Gasteiger partial charge < -0.3 is 30.5 Å². The Morgan fingerprint density at radius 3 is 2.07 bits per heavy atom. The standard InChI is InChI=1S/C40H53N7O6S3/c1-29(2)38-43-34(27-54-38)25-46(3)39(49)45-36(16-17-47-18-20-56(51,52)21-19-47)37(48)42-32(22-30-10-6-4-7-11-30)14-15-33(23-31-12-8-5-9-13-31)44-40(50)53-26-35-24-41-28-55-35/h4-13,24,27-29,32-33,36H,14-23,25-26H2,1-3H3,(H,42,48)(H,44,50)(H,45,49)/t32-,33-,36+/m1/s1. The molecule has 302 valence electrons. The van der Waals surface area contributed by atoms with Gasteiger partial charge in [0.05, 0.1) is 39.1 Å². The summed E-state index contributed by atoms with van der Waals surface area (Å²) in [7, 11) is -1.40. The van der Waals surface area contributed by atoms with E-state index in [1.807, 2.05) is 70.9 Å². The van der Waals surface area contributed by atoms with Gasteiger partial charge in [-0.25, -0.2) is 23.0 Å². The van der Waals surface area contributed by atoms with Crippen LogP contribution in [0.3, 0.4) is 0 Å². The Kier molecular flexibility index (Phi) is 16.2. The lowest BCUT2D eigenvalue weighted by molar-refractivity contribution is -0.124. The van der Waals surface area contributed by atoms with Crippen LogP contribution in [0, 0.1) is 0 Å². The summed E-state index contributed by atoms with van der Waals surface area (Å²) in [5, 5.41) is 12.2. The van der Waals surface area contributed by atoms with E-state index in [-0.39, 0.29) is 48.6 Å². The highest BCUT2D eigenvalue weighted by Crippen LogP contribution is 2.20. The zero-order valence-corrected chi connectivity index (χ0v) is 34.7. The van der Waals surface area contributed by atoms with Crippen LogP contribution in [0.1, 0.15) is 65.7 Å². The first-order valence-electron chi connectivity index (χ1n) is 19.0. The van der Waals surface area contributed by atoms with E-state index >= 15 is 0 Å². The molecule has 3 N–H and O–H groups in total. The van der Waals surface area contributed by atoms with Crippen molar-refractivity contribution in [1.82, 2.24) is 35.7 Å². The van der Waals surface area contributed by atoms with E-state index in [1.165, 1.54) is 16.2 Å². The predicted octanol–water partition coefficient (Wildman–Crippen LogP) is 5.40. The monoisotopic (exact) mass is 823 g/mol. The van der Waals surface area contributed by atoms with Gasteiger partial charge >= 0.3 is 12.1 Å². The second kappa shape index (κ2) is 21.2. The molecule has 0 aliphatic carbocycles. The molecule has 16 heteroatoms. The Labute approximate surface area is 338 Å². The second-order valence-electron chi connectivity index (χ2n) is 14.5. The zero-order valence-electron chi connectivity index (χ0n) is 32.3. The molecule has 1 fully saturated rings. The van der Waals surface area contributed by atoms with Gasteiger partial charge in [-0.3, -0.25) is 9.78 Å². The molecule has 3 heterocycles. The number of nitrogens with one attached hydrogen (secondary N) is 3. The van der Waals surface area contributed by atoms with Crippen molar-refractivity contribution < 1.29 is 27.5 Å².